The van der Waals surface area contributed by atoms with Gasteiger partial charge in [-0.05, 0) is 55.0 Å². The summed E-state index contributed by atoms with van der Waals surface area (Å²) in [5.41, 5.74) is 2.18. The molecule has 0 bridgehead atoms. The van der Waals surface area contributed by atoms with Crippen molar-refractivity contribution in [3.63, 3.8) is 0 Å². The second kappa shape index (κ2) is 9.80. The van der Waals surface area contributed by atoms with Gasteiger partial charge in [0.2, 0.25) is 0 Å². The zero-order valence-electron chi connectivity index (χ0n) is 17.9. The van der Waals surface area contributed by atoms with Crippen molar-refractivity contribution in [3.8, 4) is 5.75 Å². The van der Waals surface area contributed by atoms with E-state index in [2.05, 4.69) is 20.5 Å². The van der Waals surface area contributed by atoms with Crippen molar-refractivity contribution >= 4 is 40.3 Å². The van der Waals surface area contributed by atoms with Gasteiger partial charge in [-0.3, -0.25) is 9.59 Å². The number of ether oxygens (including phenoxy) is 2. The number of anilines is 3. The zero-order chi connectivity index (χ0) is 22.5. The predicted octanol–water partition coefficient (Wildman–Crippen LogP) is 3.80. The number of carbonyl (C=O) groups excluding carboxylic acids is 2. The molecule has 0 unspecified atom stereocenters. The number of morpholine rings is 1. The Morgan fingerprint density at radius 3 is 2.38 bits per heavy atom. The first-order valence-electron chi connectivity index (χ1n) is 10.2. The molecule has 2 amide bonds. The van der Waals surface area contributed by atoms with Crippen molar-refractivity contribution in [2.75, 3.05) is 48.9 Å². The summed E-state index contributed by atoms with van der Waals surface area (Å²) in [7, 11) is 1.60. The Morgan fingerprint density at radius 1 is 1.03 bits per heavy atom. The highest BCUT2D eigenvalue weighted by atomic mass is 32.1. The van der Waals surface area contributed by atoms with Crippen molar-refractivity contribution in [1.29, 1.82) is 0 Å². The summed E-state index contributed by atoms with van der Waals surface area (Å²) < 4.78 is 10.5. The highest BCUT2D eigenvalue weighted by Gasteiger charge is 2.16. The molecule has 9 heteroatoms. The fraction of sp³-hybridized carbons (Fsp3) is 0.261. The molecule has 0 atom stereocenters. The van der Waals surface area contributed by atoms with E-state index < -0.39 is 0 Å². The van der Waals surface area contributed by atoms with Crippen LogP contribution in [0.1, 0.15) is 24.9 Å². The van der Waals surface area contributed by atoms with Gasteiger partial charge in [-0.2, -0.15) is 0 Å². The summed E-state index contributed by atoms with van der Waals surface area (Å²) in [5, 5.41) is 5.71. The van der Waals surface area contributed by atoms with E-state index in [1.165, 1.54) is 0 Å². The lowest BCUT2D eigenvalue weighted by molar-refractivity contribution is 0.102. The molecule has 3 aromatic rings. The fourth-order valence-electron chi connectivity index (χ4n) is 3.30. The number of hydrogen-bond donors (Lipinski definition) is 2. The van der Waals surface area contributed by atoms with E-state index in [0.29, 0.717) is 34.3 Å². The molecular weight excluding hydrogens is 428 g/mol. The van der Waals surface area contributed by atoms with Gasteiger partial charge in [-0.25, -0.2) is 4.98 Å². The van der Waals surface area contributed by atoms with Crippen molar-refractivity contribution in [3.05, 3.63) is 64.0 Å². The maximum Gasteiger partial charge on any atom is 0.265 e. The van der Waals surface area contributed by atoms with Crippen molar-refractivity contribution < 1.29 is 19.1 Å². The third-order valence-corrected chi connectivity index (χ3v) is 6.16. The Balaban J connectivity index is 1.37. The van der Waals surface area contributed by atoms with Gasteiger partial charge in [0, 0.05) is 18.8 Å². The molecule has 4 rings (SSSR count). The van der Waals surface area contributed by atoms with Crippen LogP contribution in [-0.2, 0) is 4.74 Å². The zero-order valence-corrected chi connectivity index (χ0v) is 18.7. The number of thiophene rings is 1. The largest absolute Gasteiger partial charge is 0.497 e. The Kier molecular flexibility index (Phi) is 6.67. The number of nitrogens with one attached hydrogen (secondary N) is 2. The average Bonchev–Trinajstić information content (AvgIpc) is 3.32. The third-order valence-electron chi connectivity index (χ3n) is 5.08. The lowest BCUT2D eigenvalue weighted by atomic mass is 10.2. The van der Waals surface area contributed by atoms with E-state index in [-0.39, 0.29) is 11.8 Å². The lowest BCUT2D eigenvalue weighted by Gasteiger charge is -2.27. The van der Waals surface area contributed by atoms with Gasteiger partial charge in [-0.1, -0.05) is 0 Å². The van der Waals surface area contributed by atoms with Crippen LogP contribution < -0.4 is 20.3 Å². The minimum atomic E-state index is -0.282. The van der Waals surface area contributed by atoms with Gasteiger partial charge < -0.3 is 25.0 Å². The fourth-order valence-corrected chi connectivity index (χ4v) is 4.10. The summed E-state index contributed by atoms with van der Waals surface area (Å²) in [6, 6.07) is 12.4. The molecule has 8 nitrogen and oxygen atoms in total. The number of aryl methyl sites for hydroxylation is 1. The highest BCUT2D eigenvalue weighted by Crippen LogP contribution is 2.24. The van der Waals surface area contributed by atoms with Crippen LogP contribution in [-0.4, -0.2) is 50.2 Å². The standard InChI is InChI=1S/C23H24N4O4S/c1-15-13-17(30-2)4-5-18(15)26-23(29)20-7-6-19(32-20)22(28)25-16-3-8-21(24-14-16)27-9-11-31-12-10-27/h3-8,13-14H,9-12H2,1-2H3,(H,25,28)(H,26,29). The molecule has 1 aromatic carbocycles. The first-order valence-corrected chi connectivity index (χ1v) is 11.0. The minimum Gasteiger partial charge on any atom is -0.497 e. The van der Waals surface area contributed by atoms with E-state index in [1.54, 1.807) is 37.6 Å². The highest BCUT2D eigenvalue weighted by molar-refractivity contribution is 7.16. The number of carbonyl (C=O) groups is 2. The molecule has 1 saturated heterocycles. The minimum absolute atomic E-state index is 0.265. The number of aromatic nitrogens is 1. The maximum atomic E-state index is 12.6. The number of pyridine rings is 1. The van der Waals surface area contributed by atoms with Crippen molar-refractivity contribution in [2.45, 2.75) is 6.92 Å². The first kappa shape index (κ1) is 21.8. The number of benzene rings is 1. The third kappa shape index (κ3) is 5.06. The van der Waals surface area contributed by atoms with Gasteiger partial charge in [0.1, 0.15) is 11.6 Å². The molecule has 0 aliphatic carbocycles. The second-order valence-corrected chi connectivity index (χ2v) is 8.34. The van der Waals surface area contributed by atoms with Crippen molar-refractivity contribution in [2.24, 2.45) is 0 Å². The SMILES string of the molecule is COc1ccc(NC(=O)c2ccc(C(=O)Nc3ccc(N4CCOCC4)nc3)s2)c(C)c1. The molecule has 0 radical (unpaired) electrons. The topological polar surface area (TPSA) is 92.8 Å². The van der Waals surface area contributed by atoms with Gasteiger partial charge >= 0.3 is 0 Å². The van der Waals surface area contributed by atoms with Crippen LogP contribution in [0.15, 0.2) is 48.7 Å². The van der Waals surface area contributed by atoms with Gasteiger partial charge in [0.15, 0.2) is 0 Å². The Hall–Kier alpha value is -3.43. The summed E-state index contributed by atoms with van der Waals surface area (Å²) in [6.45, 7) is 4.87. The number of hydrogen-bond acceptors (Lipinski definition) is 7. The van der Waals surface area contributed by atoms with E-state index in [0.717, 1.165) is 41.6 Å². The lowest BCUT2D eigenvalue weighted by Crippen LogP contribution is -2.36. The van der Waals surface area contributed by atoms with Crippen LogP contribution in [0.4, 0.5) is 17.2 Å². The molecule has 0 spiro atoms. The molecule has 1 fully saturated rings. The normalized spacial score (nSPS) is 13.5. The first-order chi connectivity index (χ1) is 15.5. The van der Waals surface area contributed by atoms with Crippen LogP contribution in [0.2, 0.25) is 0 Å². The average molecular weight is 453 g/mol. The molecule has 2 aromatic heterocycles. The Bertz CT molecular complexity index is 1110. The molecule has 1 aliphatic rings. The number of amides is 2. The van der Waals surface area contributed by atoms with Crippen LogP contribution in [0.5, 0.6) is 5.75 Å². The summed E-state index contributed by atoms with van der Waals surface area (Å²) in [5.74, 6) is 1.03. The number of nitrogens with zero attached hydrogens (tertiary/aromatic N) is 2. The number of methoxy groups -OCH3 is 1. The summed E-state index contributed by atoms with van der Waals surface area (Å²) in [6.07, 6.45) is 1.64. The van der Waals surface area contributed by atoms with Gasteiger partial charge in [0.05, 0.1) is 42.0 Å². The smallest absolute Gasteiger partial charge is 0.265 e. The number of rotatable bonds is 6. The molecular formula is C23H24N4O4S. The monoisotopic (exact) mass is 452 g/mol. The van der Waals surface area contributed by atoms with Gasteiger partial charge in [-0.15, -0.1) is 11.3 Å². The quantitative estimate of drug-likeness (QED) is 0.591. The molecule has 2 N–H and O–H groups in total. The van der Waals surface area contributed by atoms with E-state index in [9.17, 15) is 9.59 Å². The van der Waals surface area contributed by atoms with Crippen LogP contribution in [0.25, 0.3) is 0 Å². The van der Waals surface area contributed by atoms with E-state index in [1.807, 2.05) is 25.1 Å². The summed E-state index contributed by atoms with van der Waals surface area (Å²) >= 11 is 1.14. The van der Waals surface area contributed by atoms with Gasteiger partial charge in [0.25, 0.3) is 11.8 Å². The van der Waals surface area contributed by atoms with Crippen LogP contribution in [0, 0.1) is 6.92 Å². The molecule has 0 saturated carbocycles. The molecule has 166 valence electrons. The van der Waals surface area contributed by atoms with Crippen molar-refractivity contribution in [1.82, 2.24) is 4.98 Å². The predicted molar refractivity (Wildman–Crippen MR) is 125 cm³/mol. The summed E-state index contributed by atoms with van der Waals surface area (Å²) in [4.78, 5) is 32.7. The van der Waals surface area contributed by atoms with Crippen LogP contribution >= 0.6 is 11.3 Å². The Labute approximate surface area is 190 Å². The molecule has 1 aliphatic heterocycles. The maximum absolute atomic E-state index is 12.6. The molecule has 32 heavy (non-hydrogen) atoms. The van der Waals surface area contributed by atoms with E-state index in [4.69, 9.17) is 9.47 Å². The molecule has 3 heterocycles. The Morgan fingerprint density at radius 2 is 1.75 bits per heavy atom. The van der Waals surface area contributed by atoms with Crippen LogP contribution in [0.3, 0.4) is 0 Å². The van der Waals surface area contributed by atoms with E-state index >= 15 is 0 Å². The second-order valence-electron chi connectivity index (χ2n) is 7.26.